The van der Waals surface area contributed by atoms with Crippen molar-refractivity contribution >= 4 is 5.97 Å². The van der Waals surface area contributed by atoms with E-state index in [1.165, 1.54) is 25.9 Å². The third-order valence-electron chi connectivity index (χ3n) is 5.31. The van der Waals surface area contributed by atoms with Crippen molar-refractivity contribution in [3.8, 4) is 0 Å². The molecular weight excluding hydrogens is 381 g/mol. The van der Waals surface area contributed by atoms with E-state index in [0.29, 0.717) is 12.0 Å². The lowest BCUT2D eigenvalue weighted by Gasteiger charge is -2.27. The molecule has 0 unspecified atom stereocenters. The van der Waals surface area contributed by atoms with Gasteiger partial charge in [-0.15, -0.1) is 0 Å². The number of carboxylic acids is 1. The Labute approximate surface area is 160 Å². The maximum Gasteiger partial charge on any atom is 0.490 e. The van der Waals surface area contributed by atoms with E-state index in [1.807, 2.05) is 6.92 Å². The number of nitrogens with zero attached hydrogens (tertiary/aromatic N) is 3. The van der Waals surface area contributed by atoms with Crippen molar-refractivity contribution in [3.63, 3.8) is 0 Å². The molecule has 3 saturated heterocycles. The highest BCUT2D eigenvalue weighted by molar-refractivity contribution is 5.73. The SMILES string of the molecule is Cc1nc([C@@H]2C[C@H]3CN(CC4CCOCC4)C[C@H]3O2)n[nH]1.O=C(O)C(F)(F)F. The zero-order chi connectivity index (χ0) is 20.3. The number of ether oxygens (including phenoxy) is 2. The van der Waals surface area contributed by atoms with Crippen LogP contribution in [-0.4, -0.2) is 76.3 Å². The van der Waals surface area contributed by atoms with E-state index in [0.717, 1.165) is 43.7 Å². The maximum absolute atomic E-state index is 10.6. The number of H-pyrrole nitrogens is 1. The third kappa shape index (κ3) is 5.42. The molecular formula is C17H25F3N4O4. The molecule has 28 heavy (non-hydrogen) atoms. The van der Waals surface area contributed by atoms with Crippen LogP contribution in [-0.2, 0) is 14.3 Å². The molecule has 0 spiro atoms. The summed E-state index contributed by atoms with van der Waals surface area (Å²) in [7, 11) is 0. The summed E-state index contributed by atoms with van der Waals surface area (Å²) in [6.07, 6.45) is -1.13. The van der Waals surface area contributed by atoms with E-state index < -0.39 is 12.1 Å². The largest absolute Gasteiger partial charge is 0.490 e. The Morgan fingerprint density at radius 3 is 2.54 bits per heavy atom. The molecule has 4 heterocycles. The number of hydrogen-bond donors (Lipinski definition) is 2. The fourth-order valence-corrected chi connectivity index (χ4v) is 3.96. The van der Waals surface area contributed by atoms with Crippen molar-refractivity contribution in [3.05, 3.63) is 11.6 Å². The first-order valence-corrected chi connectivity index (χ1v) is 9.37. The number of aromatic nitrogens is 3. The van der Waals surface area contributed by atoms with E-state index in [-0.39, 0.29) is 6.10 Å². The summed E-state index contributed by atoms with van der Waals surface area (Å²) >= 11 is 0. The first-order chi connectivity index (χ1) is 13.2. The van der Waals surface area contributed by atoms with Gasteiger partial charge in [0.15, 0.2) is 5.82 Å². The zero-order valence-corrected chi connectivity index (χ0v) is 15.6. The molecule has 3 fully saturated rings. The van der Waals surface area contributed by atoms with E-state index in [9.17, 15) is 13.2 Å². The second kappa shape index (κ2) is 8.75. The second-order valence-electron chi connectivity index (χ2n) is 7.52. The van der Waals surface area contributed by atoms with Crippen LogP contribution >= 0.6 is 0 Å². The number of rotatable bonds is 3. The lowest BCUT2D eigenvalue weighted by atomic mass is 9.99. The predicted molar refractivity (Wildman–Crippen MR) is 90.5 cm³/mol. The van der Waals surface area contributed by atoms with Gasteiger partial charge in [-0.2, -0.15) is 18.3 Å². The van der Waals surface area contributed by atoms with Crippen LogP contribution in [0.3, 0.4) is 0 Å². The standard InChI is InChI=1S/C15H24N4O2.C2HF3O2/c1-10-16-15(18-17-10)13-6-12-8-19(9-14(12)21-13)7-11-2-4-20-5-3-11;3-2(4,5)1(6)7/h11-14H,2-9H2,1H3,(H,16,17,18);(H,6,7)/t12-,13-,14+;/m0./s1. The van der Waals surface area contributed by atoms with Crippen molar-refractivity contribution in [2.24, 2.45) is 11.8 Å². The normalized spacial score (nSPS) is 28.6. The molecule has 0 saturated carbocycles. The quantitative estimate of drug-likeness (QED) is 0.791. The van der Waals surface area contributed by atoms with Crippen LogP contribution in [0.5, 0.6) is 0 Å². The van der Waals surface area contributed by atoms with Crippen molar-refractivity contribution < 1.29 is 32.5 Å². The lowest BCUT2D eigenvalue weighted by molar-refractivity contribution is -0.192. The summed E-state index contributed by atoms with van der Waals surface area (Å²) in [5.74, 6) is 0.398. The molecule has 0 radical (unpaired) electrons. The number of hydrogen-bond acceptors (Lipinski definition) is 6. The monoisotopic (exact) mass is 406 g/mol. The van der Waals surface area contributed by atoms with Gasteiger partial charge >= 0.3 is 12.1 Å². The van der Waals surface area contributed by atoms with Crippen LogP contribution in [0.4, 0.5) is 13.2 Å². The van der Waals surface area contributed by atoms with Crippen LogP contribution in [0.2, 0.25) is 0 Å². The average Bonchev–Trinajstić information content (AvgIpc) is 3.30. The van der Waals surface area contributed by atoms with E-state index in [2.05, 4.69) is 20.1 Å². The Bertz CT molecular complexity index is 649. The molecule has 4 rings (SSSR count). The van der Waals surface area contributed by atoms with Gasteiger partial charge in [0, 0.05) is 38.8 Å². The van der Waals surface area contributed by atoms with E-state index >= 15 is 0 Å². The first-order valence-electron chi connectivity index (χ1n) is 9.37. The number of aryl methyl sites for hydroxylation is 1. The molecule has 8 nitrogen and oxygen atoms in total. The van der Waals surface area contributed by atoms with Gasteiger partial charge in [0.05, 0.1) is 6.10 Å². The number of fused-ring (bicyclic) bond motifs is 1. The number of carboxylic acid groups (broad SMARTS) is 1. The average molecular weight is 406 g/mol. The van der Waals surface area contributed by atoms with Crippen LogP contribution in [0.1, 0.15) is 37.0 Å². The fourth-order valence-electron chi connectivity index (χ4n) is 3.96. The molecule has 3 atom stereocenters. The highest BCUT2D eigenvalue weighted by Crippen LogP contribution is 2.40. The highest BCUT2D eigenvalue weighted by atomic mass is 19.4. The Morgan fingerprint density at radius 1 is 1.32 bits per heavy atom. The van der Waals surface area contributed by atoms with Gasteiger partial charge in [0.1, 0.15) is 11.9 Å². The molecule has 3 aliphatic rings. The summed E-state index contributed by atoms with van der Waals surface area (Å²) in [5, 5.41) is 14.3. The lowest BCUT2D eigenvalue weighted by Crippen LogP contribution is -2.32. The van der Waals surface area contributed by atoms with E-state index in [4.69, 9.17) is 19.4 Å². The maximum atomic E-state index is 10.6. The minimum absolute atomic E-state index is 0.0928. The highest BCUT2D eigenvalue weighted by Gasteiger charge is 2.44. The first kappa shape index (κ1) is 21.0. The predicted octanol–water partition coefficient (Wildman–Crippen LogP) is 1.93. The van der Waals surface area contributed by atoms with Gasteiger partial charge in [-0.3, -0.25) is 5.10 Å². The Kier molecular flexibility index (Phi) is 6.56. The Hall–Kier alpha value is -1.72. The van der Waals surface area contributed by atoms with E-state index in [1.54, 1.807) is 0 Å². The van der Waals surface area contributed by atoms with Crippen LogP contribution in [0.15, 0.2) is 0 Å². The summed E-state index contributed by atoms with van der Waals surface area (Å²) in [6, 6.07) is 0. The van der Waals surface area contributed by atoms with Gasteiger partial charge in [0.2, 0.25) is 0 Å². The summed E-state index contributed by atoms with van der Waals surface area (Å²) in [4.78, 5) is 15.9. The number of aliphatic carboxylic acids is 1. The molecule has 0 aliphatic carbocycles. The molecule has 0 aromatic carbocycles. The number of alkyl halides is 3. The molecule has 11 heteroatoms. The topological polar surface area (TPSA) is 101 Å². The summed E-state index contributed by atoms with van der Waals surface area (Å²) in [6.45, 7) is 7.26. The number of likely N-dealkylation sites (tertiary alicyclic amines) is 1. The van der Waals surface area contributed by atoms with Crippen molar-refractivity contribution in [2.75, 3.05) is 32.8 Å². The van der Waals surface area contributed by atoms with Crippen LogP contribution < -0.4 is 0 Å². The van der Waals surface area contributed by atoms with Crippen molar-refractivity contribution in [1.29, 1.82) is 0 Å². The molecule has 3 aliphatic heterocycles. The smallest absolute Gasteiger partial charge is 0.475 e. The third-order valence-corrected chi connectivity index (χ3v) is 5.31. The molecule has 1 aromatic heterocycles. The minimum Gasteiger partial charge on any atom is -0.475 e. The van der Waals surface area contributed by atoms with Gasteiger partial charge in [-0.05, 0) is 32.1 Å². The van der Waals surface area contributed by atoms with Crippen molar-refractivity contribution in [2.45, 2.75) is 44.6 Å². The van der Waals surface area contributed by atoms with Gasteiger partial charge in [-0.1, -0.05) is 0 Å². The van der Waals surface area contributed by atoms with Gasteiger partial charge in [-0.25, -0.2) is 9.78 Å². The summed E-state index contributed by atoms with van der Waals surface area (Å²) in [5.41, 5.74) is 0. The fraction of sp³-hybridized carbons (Fsp3) is 0.824. The zero-order valence-electron chi connectivity index (χ0n) is 15.6. The molecule has 0 bridgehead atoms. The van der Waals surface area contributed by atoms with Gasteiger partial charge < -0.3 is 19.5 Å². The molecule has 0 amide bonds. The van der Waals surface area contributed by atoms with Crippen LogP contribution in [0.25, 0.3) is 0 Å². The molecule has 158 valence electrons. The number of aromatic amines is 1. The molecule has 1 aromatic rings. The summed E-state index contributed by atoms with van der Waals surface area (Å²) < 4.78 is 43.4. The Balaban J connectivity index is 0.000000279. The number of nitrogens with one attached hydrogen (secondary N) is 1. The molecule has 2 N–H and O–H groups in total. The number of halogens is 3. The Morgan fingerprint density at radius 2 is 2.00 bits per heavy atom. The van der Waals surface area contributed by atoms with Crippen LogP contribution in [0, 0.1) is 18.8 Å². The van der Waals surface area contributed by atoms with Gasteiger partial charge in [0.25, 0.3) is 0 Å². The minimum atomic E-state index is -5.08. The second-order valence-corrected chi connectivity index (χ2v) is 7.52. The van der Waals surface area contributed by atoms with Crippen molar-refractivity contribution in [1.82, 2.24) is 20.1 Å². The number of carbonyl (C=O) groups is 1.